The topological polar surface area (TPSA) is 54.7 Å². The molecule has 0 saturated carbocycles. The molecule has 1 amide bonds. The second-order valence-electron chi connectivity index (χ2n) is 7.12. The fraction of sp³-hybridized carbons (Fsp3) is 0.318. The van der Waals surface area contributed by atoms with E-state index in [2.05, 4.69) is 50.4 Å². The van der Waals surface area contributed by atoms with Crippen LogP contribution in [0, 0.1) is 6.92 Å². The molecule has 1 aliphatic rings. The molecule has 5 nitrogen and oxygen atoms in total. The molecule has 0 aliphatic carbocycles. The maximum absolute atomic E-state index is 12.6. The Morgan fingerprint density at radius 2 is 2.07 bits per heavy atom. The van der Waals surface area contributed by atoms with E-state index < -0.39 is 0 Å². The van der Waals surface area contributed by atoms with Gasteiger partial charge >= 0.3 is 0 Å². The molecule has 1 atom stereocenters. The molecule has 2 heterocycles. The summed E-state index contributed by atoms with van der Waals surface area (Å²) in [6, 6.07) is 16.2. The third-order valence-corrected chi connectivity index (χ3v) is 5.56. The summed E-state index contributed by atoms with van der Waals surface area (Å²) in [6.45, 7) is 5.63. The first kappa shape index (κ1) is 19.2. The predicted octanol–water partition coefficient (Wildman–Crippen LogP) is 4.13. The number of hydrogen-bond donors (Lipinski definition) is 1. The van der Waals surface area contributed by atoms with Gasteiger partial charge in [0.25, 0.3) is 5.91 Å². The maximum Gasteiger partial charge on any atom is 0.287 e. The van der Waals surface area contributed by atoms with Gasteiger partial charge in [0, 0.05) is 41.6 Å². The number of aryl methyl sites for hydroxylation is 1. The maximum atomic E-state index is 12.6. The van der Waals surface area contributed by atoms with Crippen molar-refractivity contribution in [1.29, 1.82) is 0 Å². The Morgan fingerprint density at radius 1 is 1.25 bits per heavy atom. The Kier molecular flexibility index (Phi) is 5.80. The minimum atomic E-state index is -0.200. The van der Waals surface area contributed by atoms with Crippen LogP contribution >= 0.6 is 15.9 Å². The zero-order valence-electron chi connectivity index (χ0n) is 15.8. The molecule has 1 N–H and O–H groups in total. The van der Waals surface area contributed by atoms with Gasteiger partial charge in [-0.25, -0.2) is 0 Å². The summed E-state index contributed by atoms with van der Waals surface area (Å²) in [5.74, 6) is 0.165. The highest BCUT2D eigenvalue weighted by molar-refractivity contribution is 9.10. The number of ether oxygens (including phenoxy) is 1. The fourth-order valence-electron chi connectivity index (χ4n) is 3.59. The van der Waals surface area contributed by atoms with Gasteiger partial charge in [-0.1, -0.05) is 46.3 Å². The first-order chi connectivity index (χ1) is 13.6. The molecular formula is C22H23BrN2O3. The van der Waals surface area contributed by atoms with Crippen molar-refractivity contribution in [1.82, 2.24) is 10.2 Å². The molecule has 1 fully saturated rings. The van der Waals surface area contributed by atoms with Crippen molar-refractivity contribution >= 4 is 32.8 Å². The first-order valence-electron chi connectivity index (χ1n) is 9.45. The van der Waals surface area contributed by atoms with Crippen LogP contribution in [-0.4, -0.2) is 43.2 Å². The molecule has 4 rings (SSSR count). The van der Waals surface area contributed by atoms with Crippen molar-refractivity contribution in [2.24, 2.45) is 0 Å². The van der Waals surface area contributed by atoms with Crippen molar-refractivity contribution in [3.05, 3.63) is 69.9 Å². The average molecular weight is 443 g/mol. The smallest absolute Gasteiger partial charge is 0.287 e. The number of carbonyl (C=O) groups is 1. The van der Waals surface area contributed by atoms with Crippen molar-refractivity contribution in [3.63, 3.8) is 0 Å². The lowest BCUT2D eigenvalue weighted by atomic mass is 10.1. The van der Waals surface area contributed by atoms with E-state index in [0.717, 1.165) is 35.1 Å². The molecule has 0 bridgehead atoms. The van der Waals surface area contributed by atoms with Gasteiger partial charge in [-0.05, 0) is 30.7 Å². The number of halogens is 1. The molecule has 146 valence electrons. The molecule has 1 saturated heterocycles. The van der Waals surface area contributed by atoms with E-state index in [0.29, 0.717) is 24.5 Å². The van der Waals surface area contributed by atoms with Gasteiger partial charge in [-0.2, -0.15) is 0 Å². The number of morpholine rings is 1. The fourth-order valence-corrected chi connectivity index (χ4v) is 3.95. The number of hydrogen-bond acceptors (Lipinski definition) is 4. The molecule has 1 aromatic heterocycles. The Bertz CT molecular complexity index is 971. The lowest BCUT2D eigenvalue weighted by Gasteiger charge is -2.33. The number of amides is 1. The second-order valence-corrected chi connectivity index (χ2v) is 8.04. The second kappa shape index (κ2) is 8.47. The van der Waals surface area contributed by atoms with Gasteiger partial charge in [0.05, 0.1) is 12.7 Å². The zero-order valence-corrected chi connectivity index (χ0v) is 17.4. The van der Waals surface area contributed by atoms with Gasteiger partial charge < -0.3 is 14.5 Å². The molecule has 3 aromatic rings. The SMILES string of the molecule is Cc1c(C(=O)NCC2CN(Cc3ccccc3)CCO2)oc2ccc(Br)cc12. The molecule has 28 heavy (non-hydrogen) atoms. The van der Waals surface area contributed by atoms with Gasteiger partial charge in [0.1, 0.15) is 5.58 Å². The molecule has 1 aliphatic heterocycles. The van der Waals surface area contributed by atoms with Crippen LogP contribution in [0.25, 0.3) is 11.0 Å². The Hall–Kier alpha value is -2.15. The quantitative estimate of drug-likeness (QED) is 0.644. The summed E-state index contributed by atoms with van der Waals surface area (Å²) in [4.78, 5) is 15.0. The number of carbonyl (C=O) groups excluding carboxylic acids is 1. The van der Waals surface area contributed by atoms with Crippen LogP contribution in [-0.2, 0) is 11.3 Å². The van der Waals surface area contributed by atoms with Crippen molar-refractivity contribution in [2.45, 2.75) is 19.6 Å². The summed E-state index contributed by atoms with van der Waals surface area (Å²) in [6.07, 6.45) is -0.0276. The van der Waals surface area contributed by atoms with Crippen LogP contribution in [0.1, 0.15) is 21.7 Å². The van der Waals surface area contributed by atoms with E-state index in [9.17, 15) is 4.79 Å². The molecule has 0 spiro atoms. The highest BCUT2D eigenvalue weighted by Crippen LogP contribution is 2.28. The monoisotopic (exact) mass is 442 g/mol. The van der Waals surface area contributed by atoms with E-state index in [4.69, 9.17) is 9.15 Å². The number of fused-ring (bicyclic) bond motifs is 1. The predicted molar refractivity (Wildman–Crippen MR) is 112 cm³/mol. The lowest BCUT2D eigenvalue weighted by molar-refractivity contribution is -0.0293. The summed E-state index contributed by atoms with van der Waals surface area (Å²) < 4.78 is 12.6. The van der Waals surface area contributed by atoms with Gasteiger partial charge in [-0.15, -0.1) is 0 Å². The van der Waals surface area contributed by atoms with E-state index in [1.54, 1.807) is 0 Å². The summed E-state index contributed by atoms with van der Waals surface area (Å²) in [7, 11) is 0. The highest BCUT2D eigenvalue weighted by Gasteiger charge is 2.23. The normalized spacial score (nSPS) is 17.7. The third-order valence-electron chi connectivity index (χ3n) is 5.07. The molecule has 2 aromatic carbocycles. The Morgan fingerprint density at radius 3 is 2.89 bits per heavy atom. The highest BCUT2D eigenvalue weighted by atomic mass is 79.9. The van der Waals surface area contributed by atoms with Gasteiger partial charge in [-0.3, -0.25) is 9.69 Å². The Balaban J connectivity index is 1.36. The number of furan rings is 1. The van der Waals surface area contributed by atoms with E-state index in [1.807, 2.05) is 31.2 Å². The first-order valence-corrected chi connectivity index (χ1v) is 10.2. The third kappa shape index (κ3) is 4.29. The number of benzene rings is 2. The van der Waals surface area contributed by atoms with Gasteiger partial charge in [0.15, 0.2) is 5.76 Å². The lowest BCUT2D eigenvalue weighted by Crippen LogP contribution is -2.47. The summed E-state index contributed by atoms with van der Waals surface area (Å²) in [5, 5.41) is 3.92. The standard InChI is InChI=1S/C22H23BrN2O3/c1-15-19-11-17(23)7-8-20(19)28-21(15)22(26)24-12-18-14-25(9-10-27-18)13-16-5-3-2-4-6-16/h2-8,11,18H,9-10,12-14H2,1H3,(H,24,26). The largest absolute Gasteiger partial charge is 0.451 e. The van der Waals surface area contributed by atoms with E-state index in [1.165, 1.54) is 5.56 Å². The number of rotatable bonds is 5. The van der Waals surface area contributed by atoms with Crippen LogP contribution < -0.4 is 5.32 Å². The van der Waals surface area contributed by atoms with E-state index >= 15 is 0 Å². The van der Waals surface area contributed by atoms with Crippen LogP contribution in [0.5, 0.6) is 0 Å². The summed E-state index contributed by atoms with van der Waals surface area (Å²) in [5.41, 5.74) is 2.86. The van der Waals surface area contributed by atoms with Crippen molar-refractivity contribution in [3.8, 4) is 0 Å². The van der Waals surface area contributed by atoms with Gasteiger partial charge in [0.2, 0.25) is 0 Å². The number of nitrogens with zero attached hydrogens (tertiary/aromatic N) is 1. The van der Waals surface area contributed by atoms with Crippen molar-refractivity contribution in [2.75, 3.05) is 26.2 Å². The molecule has 1 unspecified atom stereocenters. The van der Waals surface area contributed by atoms with Crippen LogP contribution in [0.3, 0.4) is 0 Å². The molecular weight excluding hydrogens is 420 g/mol. The van der Waals surface area contributed by atoms with Crippen LogP contribution in [0.2, 0.25) is 0 Å². The van der Waals surface area contributed by atoms with Crippen LogP contribution in [0.4, 0.5) is 0 Å². The number of nitrogens with one attached hydrogen (secondary N) is 1. The van der Waals surface area contributed by atoms with E-state index in [-0.39, 0.29) is 12.0 Å². The molecule has 6 heteroatoms. The van der Waals surface area contributed by atoms with Crippen molar-refractivity contribution < 1.29 is 13.9 Å². The minimum Gasteiger partial charge on any atom is -0.451 e. The molecule has 0 radical (unpaired) electrons. The van der Waals surface area contributed by atoms with Crippen LogP contribution in [0.15, 0.2) is 57.4 Å². The Labute approximate surface area is 172 Å². The average Bonchev–Trinajstić information content (AvgIpc) is 3.03. The summed E-state index contributed by atoms with van der Waals surface area (Å²) >= 11 is 3.46. The minimum absolute atomic E-state index is 0.0276. The zero-order chi connectivity index (χ0) is 19.5.